The Labute approximate surface area is 149 Å². The van der Waals surface area contributed by atoms with Crippen LogP contribution in [0.1, 0.15) is 45.4 Å². The average Bonchev–Trinajstić information content (AvgIpc) is 2.61. The molecule has 25 heavy (non-hydrogen) atoms. The molecule has 2 aromatic carbocycles. The van der Waals surface area contributed by atoms with Gasteiger partial charge in [0.2, 0.25) is 0 Å². The van der Waals surface area contributed by atoms with Gasteiger partial charge >= 0.3 is 6.09 Å². The number of hydrogen-bond donors (Lipinski definition) is 2. The first-order valence-electron chi connectivity index (χ1n) is 9.02. The minimum Gasteiger partial charge on any atom is -0.508 e. The van der Waals surface area contributed by atoms with E-state index >= 15 is 0 Å². The van der Waals surface area contributed by atoms with Crippen LogP contribution >= 0.6 is 0 Å². The first kappa shape index (κ1) is 18.8. The molecule has 4 nitrogen and oxygen atoms in total. The molecule has 0 spiro atoms. The molecule has 0 fully saturated rings. The Hall–Kier alpha value is -2.49. The van der Waals surface area contributed by atoms with Gasteiger partial charge in [0.05, 0.1) is 6.61 Å². The maximum Gasteiger partial charge on any atom is 0.411 e. The molecule has 0 bridgehead atoms. The lowest BCUT2D eigenvalue weighted by atomic mass is 10.0. The van der Waals surface area contributed by atoms with E-state index in [0.29, 0.717) is 12.3 Å². The van der Waals surface area contributed by atoms with Crippen LogP contribution in [0, 0.1) is 0 Å². The van der Waals surface area contributed by atoms with E-state index in [1.165, 1.54) is 25.7 Å². The highest BCUT2D eigenvalue weighted by atomic mass is 16.5. The van der Waals surface area contributed by atoms with Crippen LogP contribution in [0.25, 0.3) is 11.1 Å². The molecule has 0 saturated heterocycles. The number of carbonyl (C=O) groups excluding carboxylic acids is 1. The van der Waals surface area contributed by atoms with Crippen molar-refractivity contribution in [3.8, 4) is 16.9 Å². The van der Waals surface area contributed by atoms with E-state index in [1.807, 2.05) is 30.3 Å². The minimum atomic E-state index is -0.429. The van der Waals surface area contributed by atoms with E-state index in [-0.39, 0.29) is 5.75 Å². The molecule has 134 valence electrons. The Kier molecular flexibility index (Phi) is 7.83. The van der Waals surface area contributed by atoms with Gasteiger partial charge in [0.25, 0.3) is 0 Å². The normalized spacial score (nSPS) is 10.4. The fourth-order valence-electron chi connectivity index (χ4n) is 2.66. The number of anilines is 1. The van der Waals surface area contributed by atoms with Gasteiger partial charge in [0.1, 0.15) is 5.75 Å². The topological polar surface area (TPSA) is 58.6 Å². The maximum absolute atomic E-state index is 11.9. The van der Waals surface area contributed by atoms with E-state index in [9.17, 15) is 9.90 Å². The molecule has 0 unspecified atom stereocenters. The van der Waals surface area contributed by atoms with Gasteiger partial charge in [-0.1, -0.05) is 63.3 Å². The fraction of sp³-hybridized carbons (Fsp3) is 0.381. The van der Waals surface area contributed by atoms with Crippen molar-refractivity contribution < 1.29 is 14.6 Å². The maximum atomic E-state index is 11.9. The Bertz CT molecular complexity index is 670. The highest BCUT2D eigenvalue weighted by Gasteiger charge is 2.05. The standard InChI is InChI=1S/C21H27NO3/c1-2-3-4-5-6-7-14-25-21(24)22-19-12-8-10-17(15-19)18-11-9-13-20(23)16-18/h8-13,15-16,23H,2-7,14H2,1H3,(H,22,24). The van der Waals surface area contributed by atoms with E-state index in [4.69, 9.17) is 4.74 Å². The summed E-state index contributed by atoms with van der Waals surface area (Å²) in [5.41, 5.74) is 2.49. The molecular formula is C21H27NO3. The van der Waals surface area contributed by atoms with Gasteiger partial charge in [-0.25, -0.2) is 4.79 Å². The Morgan fingerprint density at radius 1 is 0.960 bits per heavy atom. The van der Waals surface area contributed by atoms with Gasteiger partial charge in [-0.15, -0.1) is 0 Å². The number of rotatable bonds is 9. The molecular weight excluding hydrogens is 314 g/mol. The number of carbonyl (C=O) groups is 1. The Morgan fingerprint density at radius 3 is 2.40 bits per heavy atom. The number of aromatic hydroxyl groups is 1. The van der Waals surface area contributed by atoms with Crippen molar-refractivity contribution in [3.05, 3.63) is 48.5 Å². The number of amides is 1. The van der Waals surface area contributed by atoms with Crippen LogP contribution < -0.4 is 5.32 Å². The molecule has 0 aliphatic heterocycles. The van der Waals surface area contributed by atoms with Gasteiger partial charge in [0.15, 0.2) is 0 Å². The van der Waals surface area contributed by atoms with Crippen LogP contribution in [0.2, 0.25) is 0 Å². The lowest BCUT2D eigenvalue weighted by molar-refractivity contribution is 0.159. The molecule has 4 heteroatoms. The lowest BCUT2D eigenvalue weighted by Gasteiger charge is -2.09. The van der Waals surface area contributed by atoms with Crippen LogP contribution in [-0.4, -0.2) is 17.8 Å². The number of nitrogens with one attached hydrogen (secondary N) is 1. The molecule has 0 saturated carbocycles. The van der Waals surface area contributed by atoms with Crippen molar-refractivity contribution in [1.29, 1.82) is 0 Å². The molecule has 2 rings (SSSR count). The summed E-state index contributed by atoms with van der Waals surface area (Å²) < 4.78 is 5.23. The quantitative estimate of drug-likeness (QED) is 0.553. The fourth-order valence-corrected chi connectivity index (χ4v) is 2.66. The average molecular weight is 341 g/mol. The van der Waals surface area contributed by atoms with Crippen molar-refractivity contribution in [2.75, 3.05) is 11.9 Å². The smallest absolute Gasteiger partial charge is 0.411 e. The molecule has 1 amide bonds. The van der Waals surface area contributed by atoms with Gasteiger partial charge in [-0.3, -0.25) is 5.32 Å². The number of benzene rings is 2. The van der Waals surface area contributed by atoms with Crippen LogP contribution in [-0.2, 0) is 4.74 Å². The number of phenols is 1. The predicted molar refractivity (Wildman–Crippen MR) is 102 cm³/mol. The summed E-state index contributed by atoms with van der Waals surface area (Å²) >= 11 is 0. The summed E-state index contributed by atoms with van der Waals surface area (Å²) in [6.45, 7) is 2.65. The number of hydrogen-bond acceptors (Lipinski definition) is 3. The molecule has 0 radical (unpaired) electrons. The zero-order valence-electron chi connectivity index (χ0n) is 14.8. The van der Waals surface area contributed by atoms with Gasteiger partial charge in [-0.05, 0) is 41.8 Å². The van der Waals surface area contributed by atoms with E-state index in [2.05, 4.69) is 12.2 Å². The highest BCUT2D eigenvalue weighted by molar-refractivity contribution is 5.86. The predicted octanol–water partition coefficient (Wildman–Crippen LogP) is 5.97. The van der Waals surface area contributed by atoms with E-state index in [0.717, 1.165) is 24.0 Å². The first-order chi connectivity index (χ1) is 12.2. The molecule has 2 aromatic rings. The Balaban J connectivity index is 1.78. The van der Waals surface area contributed by atoms with E-state index < -0.39 is 6.09 Å². The second-order valence-corrected chi connectivity index (χ2v) is 6.16. The lowest BCUT2D eigenvalue weighted by Crippen LogP contribution is -2.14. The summed E-state index contributed by atoms with van der Waals surface area (Å²) in [6, 6.07) is 14.5. The molecule has 2 N–H and O–H groups in total. The molecule has 0 heterocycles. The number of unbranched alkanes of at least 4 members (excludes halogenated alkanes) is 5. The van der Waals surface area contributed by atoms with Crippen LogP contribution in [0.15, 0.2) is 48.5 Å². The van der Waals surface area contributed by atoms with Crippen molar-refractivity contribution >= 4 is 11.8 Å². The summed E-state index contributed by atoms with van der Waals surface area (Å²) in [4.78, 5) is 11.9. The monoisotopic (exact) mass is 341 g/mol. The third-order valence-corrected chi connectivity index (χ3v) is 4.02. The molecule has 0 aromatic heterocycles. The summed E-state index contributed by atoms with van der Waals surface area (Å²) in [7, 11) is 0. The van der Waals surface area contributed by atoms with Gasteiger partial charge in [0, 0.05) is 5.69 Å². The molecule has 0 atom stereocenters. The highest BCUT2D eigenvalue weighted by Crippen LogP contribution is 2.25. The third kappa shape index (κ3) is 6.87. The zero-order valence-corrected chi connectivity index (χ0v) is 14.8. The van der Waals surface area contributed by atoms with Crippen molar-refractivity contribution in [3.63, 3.8) is 0 Å². The van der Waals surface area contributed by atoms with Crippen LogP contribution in [0.3, 0.4) is 0 Å². The third-order valence-electron chi connectivity index (χ3n) is 4.02. The van der Waals surface area contributed by atoms with E-state index in [1.54, 1.807) is 18.2 Å². The number of phenolic OH excluding ortho intramolecular Hbond substituents is 1. The van der Waals surface area contributed by atoms with Crippen molar-refractivity contribution in [2.45, 2.75) is 45.4 Å². The van der Waals surface area contributed by atoms with Crippen LogP contribution in [0.4, 0.5) is 10.5 Å². The second kappa shape index (κ2) is 10.4. The second-order valence-electron chi connectivity index (χ2n) is 6.16. The number of ether oxygens (including phenoxy) is 1. The Morgan fingerprint density at radius 2 is 1.64 bits per heavy atom. The van der Waals surface area contributed by atoms with Crippen molar-refractivity contribution in [1.82, 2.24) is 0 Å². The van der Waals surface area contributed by atoms with Gasteiger partial charge < -0.3 is 9.84 Å². The summed E-state index contributed by atoms with van der Waals surface area (Å²) in [5.74, 6) is 0.217. The first-order valence-corrected chi connectivity index (χ1v) is 9.02. The summed E-state index contributed by atoms with van der Waals surface area (Å²) in [6.07, 6.45) is 6.54. The van der Waals surface area contributed by atoms with Crippen LogP contribution in [0.5, 0.6) is 5.75 Å². The SMILES string of the molecule is CCCCCCCCOC(=O)Nc1cccc(-c2cccc(O)c2)c1. The van der Waals surface area contributed by atoms with Gasteiger partial charge in [-0.2, -0.15) is 0 Å². The summed E-state index contributed by atoms with van der Waals surface area (Å²) in [5, 5.41) is 12.3. The molecule has 0 aliphatic carbocycles. The largest absolute Gasteiger partial charge is 0.508 e. The minimum absolute atomic E-state index is 0.217. The zero-order chi connectivity index (χ0) is 17.9. The van der Waals surface area contributed by atoms with Crippen molar-refractivity contribution in [2.24, 2.45) is 0 Å². The molecule has 0 aliphatic rings.